The average molecular weight is 383 g/mol. The van der Waals surface area contributed by atoms with Crippen LogP contribution in [0.15, 0.2) is 41.7 Å². The molecular formula is C22H34N6. The van der Waals surface area contributed by atoms with E-state index in [1.165, 1.54) is 16.7 Å². The van der Waals surface area contributed by atoms with E-state index in [1.807, 2.05) is 25.0 Å². The second kappa shape index (κ2) is 9.24. The van der Waals surface area contributed by atoms with Crippen molar-refractivity contribution < 1.29 is 0 Å². The Kier molecular flexibility index (Phi) is 6.73. The van der Waals surface area contributed by atoms with Crippen molar-refractivity contribution in [2.24, 2.45) is 12.0 Å². The van der Waals surface area contributed by atoms with Gasteiger partial charge in [-0.2, -0.15) is 5.10 Å². The van der Waals surface area contributed by atoms with E-state index in [0.717, 1.165) is 38.4 Å². The van der Waals surface area contributed by atoms with E-state index >= 15 is 0 Å². The maximum Gasteiger partial charge on any atom is 0.193 e. The van der Waals surface area contributed by atoms with Crippen LogP contribution in [0, 0.1) is 0 Å². The molecular weight excluding hydrogens is 348 g/mol. The topological polar surface area (TPSA) is 48.7 Å². The molecule has 2 atom stereocenters. The summed E-state index contributed by atoms with van der Waals surface area (Å²) < 4.78 is 1.89. The number of nitrogens with zero attached hydrogens (tertiary/aromatic N) is 5. The number of aryl methyl sites for hydroxylation is 2. The molecule has 1 saturated heterocycles. The normalized spacial score (nSPS) is 18.7. The number of guanidine groups is 1. The number of aromatic nitrogens is 2. The number of hydrogen-bond donors (Lipinski definition) is 1. The van der Waals surface area contributed by atoms with Crippen molar-refractivity contribution in [1.82, 2.24) is 24.9 Å². The molecule has 2 aromatic rings. The van der Waals surface area contributed by atoms with Crippen molar-refractivity contribution in [3.05, 3.63) is 53.3 Å². The Morgan fingerprint density at radius 1 is 1.32 bits per heavy atom. The van der Waals surface area contributed by atoms with Crippen molar-refractivity contribution in [1.29, 1.82) is 0 Å². The molecule has 0 spiro atoms. The van der Waals surface area contributed by atoms with Crippen molar-refractivity contribution in [2.75, 3.05) is 40.8 Å². The van der Waals surface area contributed by atoms with Crippen LogP contribution >= 0.6 is 0 Å². The third-order valence-corrected chi connectivity index (χ3v) is 5.75. The van der Waals surface area contributed by atoms with Gasteiger partial charge in [-0.1, -0.05) is 31.2 Å². The number of benzene rings is 1. The fourth-order valence-electron chi connectivity index (χ4n) is 3.97. The van der Waals surface area contributed by atoms with Crippen LogP contribution in [0.4, 0.5) is 0 Å². The standard InChI is InChI=1S/C22H34N6/c1-6-17-7-9-18(10-8-17)21(26(3)4)14-24-22(23-2)28-12-11-19(16-28)20-13-25-27(5)15-20/h7-10,13,15,19,21H,6,11-12,14,16H2,1-5H3,(H,23,24). The van der Waals surface area contributed by atoms with Gasteiger partial charge in [-0.25, -0.2) is 0 Å². The summed E-state index contributed by atoms with van der Waals surface area (Å²) in [4.78, 5) is 9.18. The lowest BCUT2D eigenvalue weighted by Gasteiger charge is -2.28. The highest BCUT2D eigenvalue weighted by Crippen LogP contribution is 2.27. The minimum absolute atomic E-state index is 0.305. The first-order valence-electron chi connectivity index (χ1n) is 10.2. The summed E-state index contributed by atoms with van der Waals surface area (Å²) in [6.07, 6.45) is 6.34. The summed E-state index contributed by atoms with van der Waals surface area (Å²) in [6.45, 7) is 5.04. The Morgan fingerprint density at radius 3 is 2.64 bits per heavy atom. The van der Waals surface area contributed by atoms with Gasteiger partial charge in [-0.05, 0) is 43.6 Å². The highest BCUT2D eigenvalue weighted by atomic mass is 15.3. The molecule has 0 aliphatic carbocycles. The fraction of sp³-hybridized carbons (Fsp3) is 0.545. The lowest BCUT2D eigenvalue weighted by molar-refractivity contribution is 0.295. The molecule has 28 heavy (non-hydrogen) atoms. The lowest BCUT2D eigenvalue weighted by atomic mass is 10.0. The van der Waals surface area contributed by atoms with E-state index < -0.39 is 0 Å². The van der Waals surface area contributed by atoms with Gasteiger partial charge in [0.25, 0.3) is 0 Å². The van der Waals surface area contributed by atoms with E-state index in [-0.39, 0.29) is 0 Å². The number of likely N-dealkylation sites (tertiary alicyclic amines) is 1. The van der Waals surface area contributed by atoms with Crippen LogP contribution in [0.25, 0.3) is 0 Å². The molecule has 0 amide bonds. The predicted octanol–water partition coefficient (Wildman–Crippen LogP) is 2.65. The third-order valence-electron chi connectivity index (χ3n) is 5.75. The zero-order chi connectivity index (χ0) is 20.1. The number of rotatable bonds is 6. The van der Waals surface area contributed by atoms with Crippen LogP contribution in [0.3, 0.4) is 0 Å². The smallest absolute Gasteiger partial charge is 0.193 e. The summed E-state index contributed by atoms with van der Waals surface area (Å²) in [5, 5.41) is 7.93. The molecule has 0 bridgehead atoms. The van der Waals surface area contributed by atoms with Gasteiger partial charge >= 0.3 is 0 Å². The summed E-state index contributed by atoms with van der Waals surface area (Å²) in [5.74, 6) is 1.52. The molecule has 1 fully saturated rings. The first-order valence-corrected chi connectivity index (χ1v) is 10.2. The third kappa shape index (κ3) is 4.73. The first-order chi connectivity index (χ1) is 13.5. The zero-order valence-corrected chi connectivity index (χ0v) is 17.9. The van der Waals surface area contributed by atoms with E-state index in [9.17, 15) is 0 Å². The maximum atomic E-state index is 4.55. The molecule has 1 aliphatic rings. The first kappa shape index (κ1) is 20.4. The fourth-order valence-corrected chi connectivity index (χ4v) is 3.97. The van der Waals surface area contributed by atoms with Gasteiger partial charge in [0.1, 0.15) is 0 Å². The maximum absolute atomic E-state index is 4.55. The Balaban J connectivity index is 1.61. The molecule has 6 nitrogen and oxygen atoms in total. The molecule has 2 unspecified atom stereocenters. The molecule has 6 heteroatoms. The second-order valence-corrected chi connectivity index (χ2v) is 7.88. The largest absolute Gasteiger partial charge is 0.354 e. The highest BCUT2D eigenvalue weighted by molar-refractivity contribution is 5.80. The minimum atomic E-state index is 0.305. The van der Waals surface area contributed by atoms with Gasteiger partial charge in [0, 0.05) is 45.8 Å². The van der Waals surface area contributed by atoms with Gasteiger partial charge in [-0.15, -0.1) is 0 Å². The quantitative estimate of drug-likeness (QED) is 0.616. The molecule has 0 radical (unpaired) electrons. The Morgan fingerprint density at radius 2 is 2.07 bits per heavy atom. The minimum Gasteiger partial charge on any atom is -0.354 e. The molecule has 1 N–H and O–H groups in total. The predicted molar refractivity (Wildman–Crippen MR) is 116 cm³/mol. The van der Waals surface area contributed by atoms with Gasteiger partial charge in [0.05, 0.1) is 12.2 Å². The Bertz CT molecular complexity index is 777. The molecule has 3 rings (SSSR count). The van der Waals surface area contributed by atoms with Crippen LogP contribution in [0.2, 0.25) is 0 Å². The van der Waals surface area contributed by atoms with E-state index in [4.69, 9.17) is 0 Å². The lowest BCUT2D eigenvalue weighted by Crippen LogP contribution is -2.43. The van der Waals surface area contributed by atoms with Crippen LogP contribution in [0.1, 0.15) is 42.0 Å². The molecule has 1 aromatic carbocycles. The van der Waals surface area contributed by atoms with Crippen molar-refractivity contribution in [3.63, 3.8) is 0 Å². The molecule has 2 heterocycles. The van der Waals surface area contributed by atoms with Gasteiger partial charge in [0.15, 0.2) is 5.96 Å². The number of likely N-dealkylation sites (N-methyl/N-ethyl adjacent to an activating group) is 1. The van der Waals surface area contributed by atoms with Gasteiger partial charge < -0.3 is 15.1 Å². The van der Waals surface area contributed by atoms with E-state index in [0.29, 0.717) is 12.0 Å². The van der Waals surface area contributed by atoms with E-state index in [2.05, 4.69) is 76.7 Å². The Hall–Kier alpha value is -2.34. The molecule has 1 aromatic heterocycles. The Labute approximate surface area is 169 Å². The molecule has 1 aliphatic heterocycles. The van der Waals surface area contributed by atoms with Crippen molar-refractivity contribution in [3.8, 4) is 0 Å². The average Bonchev–Trinajstić information content (AvgIpc) is 3.34. The van der Waals surface area contributed by atoms with Crippen LogP contribution in [-0.4, -0.2) is 66.3 Å². The van der Waals surface area contributed by atoms with Crippen LogP contribution < -0.4 is 5.32 Å². The number of hydrogen-bond acceptors (Lipinski definition) is 3. The van der Waals surface area contributed by atoms with Crippen LogP contribution in [0.5, 0.6) is 0 Å². The van der Waals surface area contributed by atoms with E-state index in [1.54, 1.807) is 0 Å². The van der Waals surface area contributed by atoms with Crippen molar-refractivity contribution >= 4 is 5.96 Å². The molecule has 0 saturated carbocycles. The second-order valence-electron chi connectivity index (χ2n) is 7.88. The summed E-state index contributed by atoms with van der Waals surface area (Å²) in [5.41, 5.74) is 4.03. The highest BCUT2D eigenvalue weighted by Gasteiger charge is 2.27. The monoisotopic (exact) mass is 382 g/mol. The number of nitrogens with one attached hydrogen (secondary N) is 1. The SMILES string of the molecule is CCc1ccc(C(CNC(=NC)N2CCC(c3cnn(C)c3)C2)N(C)C)cc1. The summed E-state index contributed by atoms with van der Waals surface area (Å²) >= 11 is 0. The van der Waals surface area contributed by atoms with Crippen LogP contribution in [-0.2, 0) is 13.5 Å². The number of aliphatic imine (C=N–C) groups is 1. The summed E-state index contributed by atoms with van der Waals surface area (Å²) in [6, 6.07) is 9.28. The van der Waals surface area contributed by atoms with Gasteiger partial charge in [0.2, 0.25) is 0 Å². The van der Waals surface area contributed by atoms with Crippen molar-refractivity contribution in [2.45, 2.75) is 31.7 Å². The van der Waals surface area contributed by atoms with Gasteiger partial charge in [-0.3, -0.25) is 9.67 Å². The summed E-state index contributed by atoms with van der Waals surface area (Å²) in [7, 11) is 8.12. The molecule has 152 valence electrons. The zero-order valence-electron chi connectivity index (χ0n) is 17.9.